The van der Waals surface area contributed by atoms with Crippen molar-refractivity contribution in [2.45, 2.75) is 38.6 Å². The van der Waals surface area contributed by atoms with E-state index in [1.165, 1.54) is 29.2 Å². The maximum absolute atomic E-state index is 13.3. The van der Waals surface area contributed by atoms with Gasteiger partial charge >= 0.3 is 23.8 Å². The van der Waals surface area contributed by atoms with Gasteiger partial charge in [-0.1, -0.05) is 30.3 Å². The van der Waals surface area contributed by atoms with Crippen LogP contribution in [0.4, 0.5) is 10.5 Å². The zero-order valence-corrected chi connectivity index (χ0v) is 23.8. The van der Waals surface area contributed by atoms with Crippen LogP contribution in [-0.4, -0.2) is 93.7 Å². The molecule has 0 bridgehead atoms. The predicted octanol–water partition coefficient (Wildman–Crippen LogP) is 0.427. The molecule has 2 saturated heterocycles. The number of urea groups is 1. The topological polar surface area (TPSA) is 198 Å². The summed E-state index contributed by atoms with van der Waals surface area (Å²) in [6, 6.07) is 9.60. The summed E-state index contributed by atoms with van der Waals surface area (Å²) in [6.07, 6.45) is 0. The summed E-state index contributed by atoms with van der Waals surface area (Å²) >= 11 is 0. The Morgan fingerprint density at radius 2 is 1.70 bits per heavy atom. The van der Waals surface area contributed by atoms with E-state index >= 15 is 0 Å². The molecule has 0 radical (unpaired) electrons. The molecule has 3 atom stereocenters. The first-order chi connectivity index (χ1) is 21.0. The first kappa shape index (κ1) is 31.6. The number of esters is 1. The van der Waals surface area contributed by atoms with Gasteiger partial charge < -0.3 is 20.3 Å². The maximum Gasteiger partial charge on any atom is 0.335 e. The Kier molecular flexibility index (Phi) is 9.85. The molecule has 0 aliphatic carbocycles. The smallest absolute Gasteiger partial charge is 0.335 e. The lowest BCUT2D eigenvalue weighted by Crippen LogP contribution is -2.70. The monoisotopic (exact) mass is 610 g/mol. The third-order valence-electron chi connectivity index (χ3n) is 7.10. The average Bonchev–Trinajstić information content (AvgIpc) is 3.03. The predicted molar refractivity (Wildman–Crippen MR) is 149 cm³/mol. The van der Waals surface area contributed by atoms with Crippen LogP contribution in [0.3, 0.4) is 0 Å². The van der Waals surface area contributed by atoms with Gasteiger partial charge in [0.2, 0.25) is 5.91 Å². The highest BCUT2D eigenvalue weighted by Crippen LogP contribution is 2.22. The van der Waals surface area contributed by atoms with Crippen molar-refractivity contribution in [3.63, 3.8) is 0 Å². The van der Waals surface area contributed by atoms with Crippen LogP contribution >= 0.6 is 0 Å². The van der Waals surface area contributed by atoms with Gasteiger partial charge in [-0.3, -0.25) is 39.0 Å². The van der Waals surface area contributed by atoms with Gasteiger partial charge in [0.15, 0.2) is 6.61 Å². The Labute approximate surface area is 250 Å². The van der Waals surface area contributed by atoms with Crippen molar-refractivity contribution in [3.8, 4) is 0 Å². The van der Waals surface area contributed by atoms with Gasteiger partial charge in [0.05, 0.1) is 11.0 Å². The fourth-order valence-corrected chi connectivity index (χ4v) is 4.56. The summed E-state index contributed by atoms with van der Waals surface area (Å²) in [5, 5.41) is 16.7. The zero-order valence-electron chi connectivity index (χ0n) is 23.8. The Morgan fingerprint density at radius 1 is 1.02 bits per heavy atom. The van der Waals surface area contributed by atoms with Gasteiger partial charge in [-0.2, -0.15) is 0 Å². The maximum atomic E-state index is 13.3. The molecule has 2 aromatic carbocycles. The lowest BCUT2D eigenvalue weighted by atomic mass is 9.98. The molecule has 2 heterocycles. The lowest BCUT2D eigenvalue weighted by molar-refractivity contribution is -0.384. The highest BCUT2D eigenvalue weighted by atomic mass is 16.7. The van der Waals surface area contributed by atoms with Crippen molar-refractivity contribution in [2.24, 2.45) is 0 Å². The van der Waals surface area contributed by atoms with Gasteiger partial charge in [0, 0.05) is 31.8 Å². The minimum absolute atomic E-state index is 0.0475. The molecular weight excluding hydrogens is 580 g/mol. The number of imide groups is 1. The summed E-state index contributed by atoms with van der Waals surface area (Å²) in [4.78, 5) is 93.4. The number of hydrogen-bond donors (Lipinski definition) is 2. The molecule has 2 aromatic rings. The minimum atomic E-state index is -1.31. The number of β-lactam (4-membered cyclic amide) rings is 1. The second-order valence-electron chi connectivity index (χ2n) is 9.88. The Hall–Kier alpha value is -5.38. The molecule has 232 valence electrons. The van der Waals surface area contributed by atoms with E-state index in [9.17, 15) is 38.9 Å². The number of nitro benzene ring substituents is 1. The number of amides is 6. The summed E-state index contributed by atoms with van der Waals surface area (Å²) in [7, 11) is 0. The third kappa shape index (κ3) is 6.97. The number of carbonyl (C=O) groups is 6. The molecule has 0 spiro atoms. The number of ether oxygens (including phenoxy) is 1. The molecular formula is C28H30N6O10. The van der Waals surface area contributed by atoms with Crippen molar-refractivity contribution in [3.05, 3.63) is 75.8 Å². The van der Waals surface area contributed by atoms with Crippen LogP contribution in [0.5, 0.6) is 0 Å². The van der Waals surface area contributed by atoms with Gasteiger partial charge in [0.25, 0.3) is 11.6 Å². The van der Waals surface area contributed by atoms with Crippen molar-refractivity contribution in [1.29, 1.82) is 0 Å². The number of hydroxylamine groups is 2. The van der Waals surface area contributed by atoms with Crippen molar-refractivity contribution in [1.82, 2.24) is 25.5 Å². The molecule has 6 amide bonds. The summed E-state index contributed by atoms with van der Waals surface area (Å²) in [5.41, 5.74) is 0.775. The van der Waals surface area contributed by atoms with Gasteiger partial charge in [0.1, 0.15) is 18.7 Å². The number of carbonyl (C=O) groups excluding carboxylic acids is 6. The van der Waals surface area contributed by atoms with Crippen molar-refractivity contribution < 1.29 is 43.3 Å². The number of non-ortho nitro benzene ring substituents is 1. The molecule has 2 fully saturated rings. The second kappa shape index (κ2) is 13.7. The molecule has 0 aromatic heterocycles. The molecule has 0 saturated carbocycles. The largest absolute Gasteiger partial charge is 0.459 e. The van der Waals surface area contributed by atoms with Gasteiger partial charge in [-0.25, -0.2) is 14.7 Å². The molecule has 4 rings (SSSR count). The standard InChI is InChI=1S/C28H30N6O10/c1-3-31-13-14-32(27(39)26(31)38)28(40)30-23(19-7-5-4-6-8-19)24(36)29-22-17(2)33(25(22)37)44-16-21(35)43-15-18-9-11-20(12-10-18)34(41)42/h4-12,17,22-23H,3,13-16H2,1-2H3,(H,29,36)(H,30,40)/t17-,22-,23?/m0/s1. The van der Waals surface area contributed by atoms with Crippen LogP contribution in [0.2, 0.25) is 0 Å². The van der Waals surface area contributed by atoms with Crippen molar-refractivity contribution in [2.75, 3.05) is 26.2 Å². The second-order valence-corrected chi connectivity index (χ2v) is 9.88. The first-order valence-corrected chi connectivity index (χ1v) is 13.6. The molecule has 2 aliphatic rings. The Morgan fingerprint density at radius 3 is 2.32 bits per heavy atom. The normalized spacial score (nSPS) is 18.8. The van der Waals surface area contributed by atoms with E-state index in [0.717, 1.165) is 9.96 Å². The number of nitrogens with one attached hydrogen (secondary N) is 2. The number of rotatable bonds is 11. The number of nitro groups is 1. The molecule has 44 heavy (non-hydrogen) atoms. The summed E-state index contributed by atoms with van der Waals surface area (Å²) in [5.74, 6) is -4.02. The SMILES string of the molecule is CCN1CCN(C(=O)NC(C(=O)N[C@@H]2C(=O)N(OCC(=O)OCc3ccc([N+](=O)[O-])cc3)[C@H]2C)c2ccccc2)C(=O)C1=O. The van der Waals surface area contributed by atoms with Gasteiger partial charge in [-0.05, 0) is 37.1 Å². The van der Waals surface area contributed by atoms with E-state index in [1.807, 2.05) is 0 Å². The van der Waals surface area contributed by atoms with E-state index in [4.69, 9.17) is 9.57 Å². The van der Waals surface area contributed by atoms with Crippen LogP contribution in [0.15, 0.2) is 54.6 Å². The van der Waals surface area contributed by atoms with Crippen molar-refractivity contribution >= 4 is 41.3 Å². The lowest BCUT2D eigenvalue weighted by Gasteiger charge is -2.43. The quantitative estimate of drug-likeness (QED) is 0.118. The third-order valence-corrected chi connectivity index (χ3v) is 7.10. The fourth-order valence-electron chi connectivity index (χ4n) is 4.56. The number of hydrogen-bond acceptors (Lipinski definition) is 10. The molecule has 2 aliphatic heterocycles. The summed E-state index contributed by atoms with van der Waals surface area (Å²) < 4.78 is 5.07. The average molecular weight is 611 g/mol. The van der Waals surface area contributed by atoms with E-state index in [1.54, 1.807) is 44.2 Å². The van der Waals surface area contributed by atoms with Crippen LogP contribution in [0.25, 0.3) is 0 Å². The Balaban J connectivity index is 1.31. The molecule has 1 unspecified atom stereocenters. The van der Waals surface area contributed by atoms with Gasteiger partial charge in [-0.15, -0.1) is 0 Å². The number of likely N-dealkylation sites (N-methyl/N-ethyl adjacent to an activating group) is 1. The zero-order chi connectivity index (χ0) is 32.0. The highest BCUT2D eigenvalue weighted by molar-refractivity contribution is 6.38. The van der Waals surface area contributed by atoms with E-state index in [2.05, 4.69) is 10.6 Å². The molecule has 16 nitrogen and oxygen atoms in total. The molecule has 2 N–H and O–H groups in total. The van der Waals surface area contributed by atoms with Crippen LogP contribution in [0.1, 0.15) is 31.0 Å². The Bertz CT molecular complexity index is 1450. The van der Waals surface area contributed by atoms with E-state index < -0.39 is 65.3 Å². The fraction of sp³-hybridized carbons (Fsp3) is 0.357. The number of piperazine rings is 1. The number of nitrogens with zero attached hydrogens (tertiary/aromatic N) is 4. The minimum Gasteiger partial charge on any atom is -0.459 e. The first-order valence-electron chi connectivity index (χ1n) is 13.6. The number of benzene rings is 2. The summed E-state index contributed by atoms with van der Waals surface area (Å²) in [6.45, 7) is 2.93. The molecule has 16 heteroatoms. The highest BCUT2D eigenvalue weighted by Gasteiger charge is 2.48. The van der Waals surface area contributed by atoms with E-state index in [0.29, 0.717) is 17.7 Å². The van der Waals surface area contributed by atoms with E-state index in [-0.39, 0.29) is 25.4 Å². The van der Waals surface area contributed by atoms with Crippen LogP contribution in [0, 0.1) is 10.1 Å². The van der Waals surface area contributed by atoms with Crippen LogP contribution < -0.4 is 10.6 Å². The van der Waals surface area contributed by atoms with Crippen LogP contribution in [-0.2, 0) is 40.2 Å².